The van der Waals surface area contributed by atoms with E-state index >= 15 is 0 Å². The summed E-state index contributed by atoms with van der Waals surface area (Å²) < 4.78 is 56.7. The van der Waals surface area contributed by atoms with Crippen LogP contribution in [0.5, 0.6) is 17.5 Å². The van der Waals surface area contributed by atoms with Crippen LogP contribution in [0.3, 0.4) is 0 Å². The molecule has 184 valence electrons. The van der Waals surface area contributed by atoms with Gasteiger partial charge < -0.3 is 19.5 Å². The first kappa shape index (κ1) is 23.3. The highest BCUT2D eigenvalue weighted by Crippen LogP contribution is 2.52. The number of amides is 1. The molecule has 2 aromatic heterocycles. The minimum atomic E-state index is -4.50. The van der Waals surface area contributed by atoms with Crippen molar-refractivity contribution in [3.63, 3.8) is 0 Å². The molecule has 13 heteroatoms. The molecular formula is C22H20F3N5O4S. The zero-order valence-corrected chi connectivity index (χ0v) is 19.5. The number of carbonyl (C=O) groups is 1. The quantitative estimate of drug-likeness (QED) is 0.548. The van der Waals surface area contributed by atoms with Gasteiger partial charge in [0.1, 0.15) is 17.7 Å². The topological polar surface area (TPSA) is 107 Å². The number of methoxy groups -OCH3 is 2. The lowest BCUT2D eigenvalue weighted by Gasteiger charge is -2.40. The Morgan fingerprint density at radius 2 is 1.86 bits per heavy atom. The van der Waals surface area contributed by atoms with Crippen LogP contribution in [0.4, 0.5) is 18.3 Å². The molecule has 2 aliphatic heterocycles. The van der Waals surface area contributed by atoms with Crippen molar-refractivity contribution in [2.75, 3.05) is 32.6 Å². The van der Waals surface area contributed by atoms with E-state index in [1.165, 1.54) is 38.0 Å². The highest BCUT2D eigenvalue weighted by Gasteiger charge is 2.45. The Bertz CT molecular complexity index is 1270. The van der Waals surface area contributed by atoms with E-state index in [0.29, 0.717) is 37.2 Å². The lowest BCUT2D eigenvalue weighted by Crippen LogP contribution is -2.45. The zero-order chi connectivity index (χ0) is 24.8. The maximum atomic E-state index is 13.4. The fraction of sp³-hybridized carbons (Fsp3) is 0.364. The van der Waals surface area contributed by atoms with E-state index in [-0.39, 0.29) is 28.2 Å². The summed E-state index contributed by atoms with van der Waals surface area (Å²) in [6, 6.07) is 3.37. The van der Waals surface area contributed by atoms with Gasteiger partial charge >= 0.3 is 6.18 Å². The second kappa shape index (κ2) is 8.64. The van der Waals surface area contributed by atoms with E-state index < -0.39 is 23.2 Å². The molecule has 9 nitrogen and oxygen atoms in total. The molecular weight excluding hydrogens is 487 g/mol. The van der Waals surface area contributed by atoms with Crippen molar-refractivity contribution >= 4 is 22.4 Å². The van der Waals surface area contributed by atoms with Crippen LogP contribution in [-0.2, 0) is 11.8 Å². The van der Waals surface area contributed by atoms with E-state index in [4.69, 9.17) is 14.2 Å². The maximum Gasteiger partial charge on any atom is 0.416 e. The molecule has 0 saturated carbocycles. The summed E-state index contributed by atoms with van der Waals surface area (Å²) in [5, 5.41) is 6.23. The number of nitrogens with zero attached hydrogens (tertiary/aromatic N) is 3. The van der Waals surface area contributed by atoms with E-state index in [9.17, 15) is 18.0 Å². The van der Waals surface area contributed by atoms with Gasteiger partial charge in [-0.2, -0.15) is 13.2 Å². The largest absolute Gasteiger partial charge is 0.481 e. The third kappa shape index (κ3) is 4.04. The number of nitrogens with one attached hydrogen (secondary N) is 2. The lowest BCUT2D eigenvalue weighted by molar-refractivity contribution is -0.137. The number of thiazole rings is 1. The minimum absolute atomic E-state index is 0.00581. The first-order valence-corrected chi connectivity index (χ1v) is 11.4. The summed E-state index contributed by atoms with van der Waals surface area (Å²) in [7, 11) is 2.73. The Morgan fingerprint density at radius 1 is 1.17 bits per heavy atom. The van der Waals surface area contributed by atoms with Crippen molar-refractivity contribution in [3.05, 3.63) is 40.5 Å². The number of halogens is 3. The highest BCUT2D eigenvalue weighted by molar-refractivity contribution is 7.16. The molecule has 0 aliphatic carbocycles. The van der Waals surface area contributed by atoms with E-state index in [1.54, 1.807) is 0 Å². The smallest absolute Gasteiger partial charge is 0.416 e. The maximum absolute atomic E-state index is 13.4. The molecule has 1 aromatic carbocycles. The van der Waals surface area contributed by atoms with Crippen molar-refractivity contribution < 1.29 is 32.2 Å². The van der Waals surface area contributed by atoms with Gasteiger partial charge in [-0.05, 0) is 31.3 Å². The Balaban J connectivity index is 1.57. The van der Waals surface area contributed by atoms with Crippen LogP contribution in [-0.4, -0.2) is 48.2 Å². The Morgan fingerprint density at radius 3 is 2.49 bits per heavy atom. The fourth-order valence-corrected chi connectivity index (χ4v) is 5.44. The number of carbonyl (C=O) groups excluding carboxylic acids is 1. The normalized spacial score (nSPS) is 16.1. The fourth-order valence-electron chi connectivity index (χ4n) is 4.28. The van der Waals surface area contributed by atoms with Gasteiger partial charge in [0.25, 0.3) is 5.91 Å². The average molecular weight is 507 g/mol. The second-order valence-corrected chi connectivity index (χ2v) is 8.97. The molecule has 0 bridgehead atoms. The predicted molar refractivity (Wildman–Crippen MR) is 120 cm³/mol. The average Bonchev–Trinajstić information content (AvgIpc) is 3.28. The van der Waals surface area contributed by atoms with Gasteiger partial charge in [0.2, 0.25) is 11.8 Å². The number of hydrogen-bond donors (Lipinski definition) is 2. The molecule has 0 unspecified atom stereocenters. The molecule has 1 saturated heterocycles. The molecule has 1 fully saturated rings. The summed E-state index contributed by atoms with van der Waals surface area (Å²) >= 11 is 1.22. The van der Waals surface area contributed by atoms with Crippen LogP contribution in [0.25, 0.3) is 11.3 Å². The molecule has 2 aliphatic rings. The third-order valence-corrected chi connectivity index (χ3v) is 7.09. The molecule has 4 heterocycles. The molecule has 3 aromatic rings. The molecule has 5 rings (SSSR count). The van der Waals surface area contributed by atoms with Crippen LogP contribution in [0.2, 0.25) is 0 Å². The van der Waals surface area contributed by atoms with Gasteiger partial charge in [0, 0.05) is 18.4 Å². The molecule has 35 heavy (non-hydrogen) atoms. The number of rotatable bonds is 4. The Hall–Kier alpha value is -3.45. The third-order valence-electron chi connectivity index (χ3n) is 5.93. The van der Waals surface area contributed by atoms with Crippen molar-refractivity contribution in [1.82, 2.24) is 20.3 Å². The van der Waals surface area contributed by atoms with Gasteiger partial charge in [-0.15, -0.1) is 0 Å². The van der Waals surface area contributed by atoms with Gasteiger partial charge in [-0.3, -0.25) is 10.1 Å². The van der Waals surface area contributed by atoms with Crippen LogP contribution >= 0.6 is 11.3 Å². The van der Waals surface area contributed by atoms with Gasteiger partial charge in [0.15, 0.2) is 10.7 Å². The van der Waals surface area contributed by atoms with E-state index in [2.05, 4.69) is 25.6 Å². The number of anilines is 1. The molecule has 1 amide bonds. The summed E-state index contributed by atoms with van der Waals surface area (Å²) in [5.74, 6) is -0.423. The summed E-state index contributed by atoms with van der Waals surface area (Å²) in [6.45, 7) is 1.26. The van der Waals surface area contributed by atoms with Crippen LogP contribution in [0.15, 0.2) is 24.5 Å². The summed E-state index contributed by atoms with van der Waals surface area (Å²) in [5.41, 5.74) is -0.717. The van der Waals surface area contributed by atoms with Gasteiger partial charge in [-0.1, -0.05) is 11.3 Å². The first-order valence-electron chi connectivity index (χ1n) is 10.6. The highest BCUT2D eigenvalue weighted by atomic mass is 32.1. The summed E-state index contributed by atoms with van der Waals surface area (Å²) in [6.07, 6.45) is -2.21. The number of aromatic nitrogens is 3. The van der Waals surface area contributed by atoms with E-state index in [0.717, 1.165) is 17.0 Å². The number of fused-ring (bicyclic) bond motifs is 4. The number of piperidine rings is 1. The number of ether oxygens (including phenoxy) is 3. The van der Waals surface area contributed by atoms with Gasteiger partial charge in [0.05, 0.1) is 30.4 Å². The number of hydrogen-bond acceptors (Lipinski definition) is 9. The van der Waals surface area contributed by atoms with Crippen LogP contribution < -0.4 is 24.8 Å². The second-order valence-electron chi connectivity index (χ2n) is 7.97. The molecule has 0 radical (unpaired) electrons. The molecule has 0 atom stereocenters. The van der Waals surface area contributed by atoms with Crippen molar-refractivity contribution in [1.29, 1.82) is 0 Å². The van der Waals surface area contributed by atoms with Crippen LogP contribution in [0, 0.1) is 0 Å². The molecule has 2 N–H and O–H groups in total. The number of benzene rings is 1. The van der Waals surface area contributed by atoms with Crippen molar-refractivity contribution in [3.8, 4) is 28.8 Å². The predicted octanol–water partition coefficient (Wildman–Crippen LogP) is 3.86. The SMILES string of the molecule is COc1ncnc(OC)c1C(=O)Nc1nc2c(s1)C1(CCNCC1)Oc1cc(C(F)(F)F)ccc1-2. The Labute approximate surface area is 201 Å². The van der Waals surface area contributed by atoms with Crippen LogP contribution in [0.1, 0.15) is 33.6 Å². The monoisotopic (exact) mass is 507 g/mol. The lowest BCUT2D eigenvalue weighted by atomic mass is 9.85. The molecule has 1 spiro atoms. The minimum Gasteiger partial charge on any atom is -0.481 e. The first-order chi connectivity index (χ1) is 16.8. The Kier molecular flexibility index (Phi) is 5.75. The standard InChI is InChI=1S/C22H20F3N5O4S/c1-32-18-14(19(33-2)28-10-27-18)17(31)30-20-29-15-12-4-3-11(22(23,24)25)9-13(12)34-21(16(15)35-20)5-7-26-8-6-21/h3-4,9-10,26H,5-8H2,1-2H3,(H,29,30,31). The van der Waals surface area contributed by atoms with Crippen molar-refractivity contribution in [2.45, 2.75) is 24.6 Å². The van der Waals surface area contributed by atoms with E-state index in [1.807, 2.05) is 0 Å². The number of alkyl halides is 3. The summed E-state index contributed by atoms with van der Waals surface area (Å²) in [4.78, 5) is 26.4. The van der Waals surface area contributed by atoms with Gasteiger partial charge in [-0.25, -0.2) is 15.0 Å². The zero-order valence-electron chi connectivity index (χ0n) is 18.7. The van der Waals surface area contributed by atoms with Crippen molar-refractivity contribution in [2.24, 2.45) is 0 Å².